The zero-order valence-corrected chi connectivity index (χ0v) is 16.1. The van der Waals surface area contributed by atoms with Crippen LogP contribution in [-0.2, 0) is 9.53 Å². The number of rotatable bonds is 5. The third kappa shape index (κ3) is 4.18. The number of hydrogen-bond donors (Lipinski definition) is 2. The average Bonchev–Trinajstić information content (AvgIpc) is 3.42. The quantitative estimate of drug-likeness (QED) is 0.669. The summed E-state index contributed by atoms with van der Waals surface area (Å²) >= 11 is 0. The minimum Gasteiger partial charge on any atom is -0.368 e. The molecule has 0 aliphatic carbocycles. The van der Waals surface area contributed by atoms with Gasteiger partial charge >= 0.3 is 0 Å². The van der Waals surface area contributed by atoms with E-state index in [1.807, 2.05) is 0 Å². The fourth-order valence-corrected chi connectivity index (χ4v) is 3.15. The first kappa shape index (κ1) is 19.6. The van der Waals surface area contributed by atoms with Gasteiger partial charge in [-0.1, -0.05) is 6.07 Å². The normalized spacial score (nSPS) is 15.7. The van der Waals surface area contributed by atoms with Crippen LogP contribution < -0.4 is 10.6 Å². The molecule has 1 atom stereocenters. The van der Waals surface area contributed by atoms with Gasteiger partial charge in [0, 0.05) is 17.9 Å². The number of tetrazole rings is 1. The van der Waals surface area contributed by atoms with E-state index in [1.54, 1.807) is 25.1 Å². The van der Waals surface area contributed by atoms with Crippen LogP contribution in [0.2, 0.25) is 0 Å². The molecule has 1 saturated heterocycles. The van der Waals surface area contributed by atoms with Crippen molar-refractivity contribution in [2.24, 2.45) is 0 Å². The lowest BCUT2D eigenvalue weighted by Crippen LogP contribution is -2.27. The molecule has 2 N–H and O–H groups in total. The molecule has 0 bridgehead atoms. The van der Waals surface area contributed by atoms with E-state index in [-0.39, 0.29) is 17.2 Å². The molecule has 0 saturated carbocycles. The molecule has 2 heterocycles. The molecular formula is C20H19FN6O3. The van der Waals surface area contributed by atoms with Crippen LogP contribution in [0.15, 0.2) is 42.5 Å². The van der Waals surface area contributed by atoms with Crippen LogP contribution in [0, 0.1) is 12.7 Å². The molecule has 4 rings (SSSR count). The summed E-state index contributed by atoms with van der Waals surface area (Å²) < 4.78 is 21.1. The number of carbonyl (C=O) groups excluding carboxylic acids is 2. The fourth-order valence-electron chi connectivity index (χ4n) is 3.15. The first-order valence-electron chi connectivity index (χ1n) is 9.40. The highest BCUT2D eigenvalue weighted by Gasteiger charge is 2.23. The first-order chi connectivity index (χ1) is 14.5. The highest BCUT2D eigenvalue weighted by Crippen LogP contribution is 2.21. The highest BCUT2D eigenvalue weighted by atomic mass is 19.1. The molecule has 30 heavy (non-hydrogen) atoms. The lowest BCUT2D eigenvalue weighted by molar-refractivity contribution is -0.124. The fraction of sp³-hybridized carbons (Fsp3) is 0.250. The number of carbonyl (C=O) groups is 2. The van der Waals surface area contributed by atoms with E-state index in [9.17, 15) is 14.0 Å². The summed E-state index contributed by atoms with van der Waals surface area (Å²) in [6.45, 7) is 2.27. The molecule has 1 aromatic heterocycles. The number of aryl methyl sites for hydroxylation is 1. The van der Waals surface area contributed by atoms with E-state index < -0.39 is 17.8 Å². The van der Waals surface area contributed by atoms with Gasteiger partial charge < -0.3 is 15.4 Å². The molecule has 154 valence electrons. The van der Waals surface area contributed by atoms with Crippen molar-refractivity contribution < 1.29 is 18.7 Å². The number of nitrogens with zero attached hydrogens (tertiary/aromatic N) is 4. The van der Waals surface area contributed by atoms with Crippen molar-refractivity contribution >= 4 is 23.2 Å². The predicted molar refractivity (Wildman–Crippen MR) is 106 cm³/mol. The molecule has 2 aromatic carbocycles. The Hall–Kier alpha value is -3.66. The average molecular weight is 410 g/mol. The number of anilines is 2. The Morgan fingerprint density at radius 3 is 2.80 bits per heavy atom. The number of aromatic nitrogens is 4. The Morgan fingerprint density at radius 2 is 2.07 bits per heavy atom. The molecular weight excluding hydrogens is 391 g/mol. The van der Waals surface area contributed by atoms with E-state index in [2.05, 4.69) is 26.2 Å². The SMILES string of the molecule is Cc1nnnn1-c1ccc(F)c(NC(=O)c2cccc(NC(=O)C3CCCO3)c2)c1. The zero-order valence-electron chi connectivity index (χ0n) is 16.1. The summed E-state index contributed by atoms with van der Waals surface area (Å²) in [6, 6.07) is 10.6. The van der Waals surface area contributed by atoms with Crippen LogP contribution in [0.4, 0.5) is 15.8 Å². The Balaban J connectivity index is 1.50. The number of ether oxygens (including phenoxy) is 1. The van der Waals surface area contributed by atoms with E-state index in [0.29, 0.717) is 30.2 Å². The predicted octanol–water partition coefficient (Wildman–Crippen LogP) is 2.48. The van der Waals surface area contributed by atoms with Gasteiger partial charge in [0.2, 0.25) is 0 Å². The van der Waals surface area contributed by atoms with E-state index in [4.69, 9.17) is 4.74 Å². The lowest BCUT2D eigenvalue weighted by atomic mass is 10.1. The first-order valence-corrected chi connectivity index (χ1v) is 9.40. The van der Waals surface area contributed by atoms with Gasteiger partial charge in [-0.25, -0.2) is 4.39 Å². The third-order valence-electron chi connectivity index (χ3n) is 4.68. The minimum atomic E-state index is -0.597. The summed E-state index contributed by atoms with van der Waals surface area (Å²) in [7, 11) is 0. The molecule has 1 aliphatic rings. The summed E-state index contributed by atoms with van der Waals surface area (Å²) in [4.78, 5) is 24.9. The Morgan fingerprint density at radius 1 is 1.20 bits per heavy atom. The molecule has 3 aromatic rings. The number of benzene rings is 2. The maximum Gasteiger partial charge on any atom is 0.255 e. The summed E-state index contributed by atoms with van der Waals surface area (Å²) in [6.07, 6.45) is 1.03. The second-order valence-corrected chi connectivity index (χ2v) is 6.83. The number of amides is 2. The topological polar surface area (TPSA) is 111 Å². The zero-order chi connectivity index (χ0) is 21.1. The molecule has 2 amide bonds. The van der Waals surface area contributed by atoms with E-state index in [1.165, 1.54) is 28.9 Å². The van der Waals surface area contributed by atoms with Gasteiger partial charge in [-0.05, 0) is 66.6 Å². The Labute approximate surface area is 171 Å². The standard InChI is InChI=1S/C20H19FN6O3/c1-12-24-25-26-27(12)15-7-8-16(21)17(11-15)23-19(28)13-4-2-5-14(10-13)22-20(29)18-6-3-9-30-18/h2,4-5,7-8,10-11,18H,3,6,9H2,1H3,(H,22,29)(H,23,28). The van der Waals surface area contributed by atoms with Gasteiger partial charge in [0.1, 0.15) is 11.9 Å². The van der Waals surface area contributed by atoms with Gasteiger partial charge in [0.15, 0.2) is 5.82 Å². The molecule has 1 aliphatic heterocycles. The van der Waals surface area contributed by atoms with Crippen molar-refractivity contribution in [2.75, 3.05) is 17.2 Å². The Kier molecular flexibility index (Phi) is 5.48. The van der Waals surface area contributed by atoms with Crippen molar-refractivity contribution in [3.63, 3.8) is 0 Å². The maximum absolute atomic E-state index is 14.3. The largest absolute Gasteiger partial charge is 0.368 e. The molecule has 0 spiro atoms. The summed E-state index contributed by atoms with van der Waals surface area (Å²) in [5, 5.41) is 16.5. The van der Waals surface area contributed by atoms with Gasteiger partial charge in [-0.15, -0.1) is 5.10 Å². The summed E-state index contributed by atoms with van der Waals surface area (Å²) in [5.74, 6) is -0.845. The van der Waals surface area contributed by atoms with Crippen LogP contribution in [0.25, 0.3) is 5.69 Å². The smallest absolute Gasteiger partial charge is 0.255 e. The van der Waals surface area contributed by atoms with Crippen LogP contribution in [0.1, 0.15) is 29.0 Å². The van der Waals surface area contributed by atoms with Crippen molar-refractivity contribution in [1.29, 1.82) is 0 Å². The van der Waals surface area contributed by atoms with E-state index >= 15 is 0 Å². The molecule has 0 radical (unpaired) electrons. The minimum absolute atomic E-state index is 0.0128. The van der Waals surface area contributed by atoms with Crippen LogP contribution in [-0.4, -0.2) is 44.7 Å². The molecule has 1 fully saturated rings. The van der Waals surface area contributed by atoms with Crippen molar-refractivity contribution in [3.8, 4) is 5.69 Å². The molecule has 1 unspecified atom stereocenters. The van der Waals surface area contributed by atoms with Crippen LogP contribution in [0.3, 0.4) is 0 Å². The van der Waals surface area contributed by atoms with Crippen molar-refractivity contribution in [3.05, 3.63) is 59.7 Å². The van der Waals surface area contributed by atoms with Gasteiger partial charge in [0.05, 0.1) is 11.4 Å². The number of halogens is 1. The number of nitrogens with one attached hydrogen (secondary N) is 2. The second-order valence-electron chi connectivity index (χ2n) is 6.83. The van der Waals surface area contributed by atoms with E-state index in [0.717, 1.165) is 6.42 Å². The monoisotopic (exact) mass is 410 g/mol. The highest BCUT2D eigenvalue weighted by molar-refractivity contribution is 6.05. The number of hydrogen-bond acceptors (Lipinski definition) is 6. The van der Waals surface area contributed by atoms with Gasteiger partial charge in [0.25, 0.3) is 11.8 Å². The molecule has 9 nitrogen and oxygen atoms in total. The van der Waals surface area contributed by atoms with Crippen LogP contribution in [0.5, 0.6) is 0 Å². The summed E-state index contributed by atoms with van der Waals surface area (Å²) in [5.41, 5.74) is 1.22. The third-order valence-corrected chi connectivity index (χ3v) is 4.68. The second kappa shape index (κ2) is 8.37. The van der Waals surface area contributed by atoms with Crippen LogP contribution >= 0.6 is 0 Å². The van der Waals surface area contributed by atoms with Gasteiger partial charge in [-0.2, -0.15) is 4.68 Å². The maximum atomic E-state index is 14.3. The van der Waals surface area contributed by atoms with Crippen molar-refractivity contribution in [1.82, 2.24) is 20.2 Å². The molecule has 10 heteroatoms. The van der Waals surface area contributed by atoms with Crippen molar-refractivity contribution in [2.45, 2.75) is 25.9 Å². The Bertz CT molecular complexity index is 1090. The lowest BCUT2D eigenvalue weighted by Gasteiger charge is -2.12. The van der Waals surface area contributed by atoms with Gasteiger partial charge in [-0.3, -0.25) is 9.59 Å².